The second kappa shape index (κ2) is 5.18. The Kier molecular flexibility index (Phi) is 3.62. The van der Waals surface area contributed by atoms with Crippen molar-refractivity contribution in [3.05, 3.63) is 45.9 Å². The molecule has 2 rings (SSSR count). The molecule has 1 aromatic carbocycles. The number of benzene rings is 1. The van der Waals surface area contributed by atoms with Crippen LogP contribution in [0, 0.1) is 6.92 Å². The van der Waals surface area contributed by atoms with Gasteiger partial charge in [0, 0.05) is 18.1 Å². The van der Waals surface area contributed by atoms with E-state index in [0.29, 0.717) is 17.8 Å². The third kappa shape index (κ3) is 2.51. The fourth-order valence-corrected chi connectivity index (χ4v) is 2.25. The number of nitrogen functional groups attached to an aromatic ring is 1. The molecule has 0 aliphatic carbocycles. The molecule has 2 aromatic rings. The highest BCUT2D eigenvalue weighted by Crippen LogP contribution is 2.18. The normalized spacial score (nSPS) is 10.3. The van der Waals surface area contributed by atoms with Crippen LogP contribution in [0.5, 0.6) is 0 Å². The van der Waals surface area contributed by atoms with E-state index in [1.807, 2.05) is 24.4 Å². The molecule has 1 aromatic heterocycles. The molecule has 0 unspecified atom stereocenters. The molecule has 0 saturated carbocycles. The highest BCUT2D eigenvalue weighted by molar-refractivity contribution is 7.07. The minimum absolute atomic E-state index is 0.0794. The first-order valence-corrected chi connectivity index (χ1v) is 6.51. The van der Waals surface area contributed by atoms with Crippen molar-refractivity contribution < 1.29 is 4.79 Å². The maximum Gasteiger partial charge on any atom is 0.256 e. The Morgan fingerprint density at radius 2 is 2.28 bits per heavy atom. The SMILES string of the molecule is Cc1cccc(C(=O)N(C)Cc2cscn2)c1N. The van der Waals surface area contributed by atoms with Crippen molar-refractivity contribution in [2.45, 2.75) is 13.5 Å². The Balaban J connectivity index is 2.18. The lowest BCUT2D eigenvalue weighted by atomic mass is 10.1. The number of anilines is 1. The molecule has 5 heteroatoms. The van der Waals surface area contributed by atoms with Gasteiger partial charge in [0.05, 0.1) is 23.3 Å². The molecule has 1 heterocycles. The van der Waals surface area contributed by atoms with Gasteiger partial charge in [-0.15, -0.1) is 11.3 Å². The first-order chi connectivity index (χ1) is 8.59. The molecule has 0 aliphatic heterocycles. The van der Waals surface area contributed by atoms with E-state index in [2.05, 4.69) is 4.98 Å². The van der Waals surface area contributed by atoms with Crippen LogP contribution >= 0.6 is 11.3 Å². The van der Waals surface area contributed by atoms with Crippen LogP contribution in [0.25, 0.3) is 0 Å². The molecular formula is C13H15N3OS. The summed E-state index contributed by atoms with van der Waals surface area (Å²) in [6, 6.07) is 5.49. The average molecular weight is 261 g/mol. The van der Waals surface area contributed by atoms with E-state index < -0.39 is 0 Å². The van der Waals surface area contributed by atoms with Gasteiger partial charge in [0.15, 0.2) is 0 Å². The Hall–Kier alpha value is -1.88. The highest BCUT2D eigenvalue weighted by atomic mass is 32.1. The monoisotopic (exact) mass is 261 g/mol. The van der Waals surface area contributed by atoms with Gasteiger partial charge in [-0.1, -0.05) is 12.1 Å². The van der Waals surface area contributed by atoms with Crippen molar-refractivity contribution in [2.75, 3.05) is 12.8 Å². The smallest absolute Gasteiger partial charge is 0.256 e. The van der Waals surface area contributed by atoms with Crippen LogP contribution in [0.4, 0.5) is 5.69 Å². The predicted molar refractivity (Wildman–Crippen MR) is 73.5 cm³/mol. The molecule has 0 spiro atoms. The molecule has 94 valence electrons. The quantitative estimate of drug-likeness (QED) is 0.862. The van der Waals surface area contributed by atoms with Gasteiger partial charge in [-0.25, -0.2) is 4.98 Å². The van der Waals surface area contributed by atoms with E-state index in [1.54, 1.807) is 23.5 Å². The third-order valence-electron chi connectivity index (χ3n) is 2.78. The number of carbonyl (C=O) groups is 1. The Morgan fingerprint density at radius 3 is 2.94 bits per heavy atom. The van der Waals surface area contributed by atoms with E-state index in [1.165, 1.54) is 11.3 Å². The standard InChI is InChI=1S/C13H15N3OS/c1-9-4-3-5-11(12(9)14)13(17)16(2)6-10-7-18-8-15-10/h3-5,7-8H,6,14H2,1-2H3. The number of thiazole rings is 1. The Bertz CT molecular complexity index is 551. The molecule has 2 N–H and O–H groups in total. The van der Waals surface area contributed by atoms with Gasteiger partial charge in [-0.3, -0.25) is 4.79 Å². The van der Waals surface area contributed by atoms with Crippen molar-refractivity contribution >= 4 is 22.9 Å². The molecule has 0 aliphatic rings. The highest BCUT2D eigenvalue weighted by Gasteiger charge is 2.16. The predicted octanol–water partition coefficient (Wildman–Crippen LogP) is 2.31. The van der Waals surface area contributed by atoms with Gasteiger partial charge in [0.1, 0.15) is 0 Å². The summed E-state index contributed by atoms with van der Waals surface area (Å²) in [6.07, 6.45) is 0. The van der Waals surface area contributed by atoms with Gasteiger partial charge in [0.25, 0.3) is 5.91 Å². The molecule has 4 nitrogen and oxygen atoms in total. The van der Waals surface area contributed by atoms with Crippen LogP contribution in [0.15, 0.2) is 29.1 Å². The second-order valence-electron chi connectivity index (χ2n) is 4.18. The molecule has 0 bridgehead atoms. The summed E-state index contributed by atoms with van der Waals surface area (Å²) in [7, 11) is 1.75. The number of para-hydroxylation sites is 1. The van der Waals surface area contributed by atoms with E-state index in [-0.39, 0.29) is 5.91 Å². The summed E-state index contributed by atoms with van der Waals surface area (Å²) in [5.74, 6) is -0.0794. The lowest BCUT2D eigenvalue weighted by Gasteiger charge is -2.17. The lowest BCUT2D eigenvalue weighted by Crippen LogP contribution is -2.27. The van der Waals surface area contributed by atoms with Crippen LogP contribution < -0.4 is 5.73 Å². The number of nitrogens with zero attached hydrogens (tertiary/aromatic N) is 2. The Morgan fingerprint density at radius 1 is 1.50 bits per heavy atom. The van der Waals surface area contributed by atoms with Crippen LogP contribution in [-0.4, -0.2) is 22.8 Å². The third-order valence-corrected chi connectivity index (χ3v) is 3.42. The second-order valence-corrected chi connectivity index (χ2v) is 4.90. The van der Waals surface area contributed by atoms with E-state index >= 15 is 0 Å². The number of carbonyl (C=O) groups excluding carboxylic acids is 1. The molecule has 0 saturated heterocycles. The summed E-state index contributed by atoms with van der Waals surface area (Å²) in [5, 5.41) is 1.93. The minimum Gasteiger partial charge on any atom is -0.398 e. The summed E-state index contributed by atoms with van der Waals surface area (Å²) in [5.41, 5.74) is 10.6. The first-order valence-electron chi connectivity index (χ1n) is 5.57. The topological polar surface area (TPSA) is 59.2 Å². The molecule has 18 heavy (non-hydrogen) atoms. The van der Waals surface area contributed by atoms with Crippen molar-refractivity contribution in [3.63, 3.8) is 0 Å². The van der Waals surface area contributed by atoms with Crippen molar-refractivity contribution in [2.24, 2.45) is 0 Å². The fourth-order valence-electron chi connectivity index (χ4n) is 1.70. The first kappa shape index (κ1) is 12.6. The number of nitrogens with two attached hydrogens (primary N) is 1. The van der Waals surface area contributed by atoms with Crippen LogP contribution in [-0.2, 0) is 6.54 Å². The van der Waals surface area contributed by atoms with Gasteiger partial charge in [-0.2, -0.15) is 0 Å². The van der Waals surface area contributed by atoms with E-state index in [4.69, 9.17) is 5.73 Å². The molecule has 0 fully saturated rings. The average Bonchev–Trinajstić information content (AvgIpc) is 2.84. The van der Waals surface area contributed by atoms with Crippen LogP contribution in [0.3, 0.4) is 0 Å². The zero-order chi connectivity index (χ0) is 13.1. The lowest BCUT2D eigenvalue weighted by molar-refractivity contribution is 0.0784. The largest absolute Gasteiger partial charge is 0.398 e. The zero-order valence-electron chi connectivity index (χ0n) is 10.4. The number of hydrogen-bond donors (Lipinski definition) is 1. The van der Waals surface area contributed by atoms with Gasteiger partial charge < -0.3 is 10.6 Å². The van der Waals surface area contributed by atoms with E-state index in [9.17, 15) is 4.79 Å². The van der Waals surface area contributed by atoms with Gasteiger partial charge in [-0.05, 0) is 18.6 Å². The number of aromatic nitrogens is 1. The molecular weight excluding hydrogens is 246 g/mol. The number of hydrogen-bond acceptors (Lipinski definition) is 4. The minimum atomic E-state index is -0.0794. The summed E-state index contributed by atoms with van der Waals surface area (Å²) in [6.45, 7) is 2.39. The van der Waals surface area contributed by atoms with Gasteiger partial charge in [0.2, 0.25) is 0 Å². The maximum absolute atomic E-state index is 12.3. The van der Waals surface area contributed by atoms with Crippen LogP contribution in [0.2, 0.25) is 0 Å². The summed E-state index contributed by atoms with van der Waals surface area (Å²) in [4.78, 5) is 18.1. The zero-order valence-corrected chi connectivity index (χ0v) is 11.2. The maximum atomic E-state index is 12.3. The summed E-state index contributed by atoms with van der Waals surface area (Å²) >= 11 is 1.52. The fraction of sp³-hybridized carbons (Fsp3) is 0.231. The van der Waals surface area contributed by atoms with E-state index in [0.717, 1.165) is 11.3 Å². The molecule has 0 atom stereocenters. The molecule has 1 amide bonds. The van der Waals surface area contributed by atoms with Crippen molar-refractivity contribution in [1.29, 1.82) is 0 Å². The number of aryl methyl sites for hydroxylation is 1. The number of rotatable bonds is 3. The summed E-state index contributed by atoms with van der Waals surface area (Å²) < 4.78 is 0. The molecule has 0 radical (unpaired) electrons. The van der Waals surface area contributed by atoms with Gasteiger partial charge >= 0.3 is 0 Å². The van der Waals surface area contributed by atoms with Crippen molar-refractivity contribution in [3.8, 4) is 0 Å². The van der Waals surface area contributed by atoms with Crippen LogP contribution in [0.1, 0.15) is 21.6 Å². The Labute approximate surface area is 110 Å². The number of amides is 1. The van der Waals surface area contributed by atoms with Crippen molar-refractivity contribution in [1.82, 2.24) is 9.88 Å².